The van der Waals surface area contributed by atoms with Crippen LogP contribution in [0, 0.1) is 5.41 Å². The number of aromatic nitrogens is 2. The minimum Gasteiger partial charge on any atom is -0.374 e. The Morgan fingerprint density at radius 1 is 1.53 bits per heavy atom. The highest BCUT2D eigenvalue weighted by atomic mass is 32.1. The van der Waals surface area contributed by atoms with E-state index in [0.717, 1.165) is 30.6 Å². The zero-order chi connectivity index (χ0) is 12.5. The third kappa shape index (κ3) is 3.15. The molecular formula is C11H18N4OS. The highest BCUT2D eigenvalue weighted by molar-refractivity contribution is 7.16. The average Bonchev–Trinajstić information content (AvgIpc) is 2.63. The molecule has 1 aliphatic rings. The van der Waals surface area contributed by atoms with E-state index < -0.39 is 0 Å². The Labute approximate surface area is 105 Å². The zero-order valence-corrected chi connectivity index (χ0v) is 11.0. The first-order valence-corrected chi connectivity index (χ1v) is 6.68. The van der Waals surface area contributed by atoms with E-state index in [2.05, 4.69) is 29.4 Å². The van der Waals surface area contributed by atoms with E-state index in [1.54, 1.807) is 0 Å². The van der Waals surface area contributed by atoms with Gasteiger partial charge in [0.1, 0.15) is 0 Å². The van der Waals surface area contributed by atoms with Crippen molar-refractivity contribution in [2.45, 2.75) is 45.6 Å². The Kier molecular flexibility index (Phi) is 3.33. The van der Waals surface area contributed by atoms with E-state index in [-0.39, 0.29) is 11.9 Å². The van der Waals surface area contributed by atoms with Gasteiger partial charge in [0.15, 0.2) is 0 Å². The number of nitrogen functional groups attached to an aromatic ring is 1. The minimum absolute atomic E-state index is 0.151. The summed E-state index contributed by atoms with van der Waals surface area (Å²) in [7, 11) is 0. The summed E-state index contributed by atoms with van der Waals surface area (Å²) >= 11 is 1.13. The van der Waals surface area contributed by atoms with Crippen molar-refractivity contribution in [1.29, 1.82) is 0 Å². The molecule has 1 aliphatic carbocycles. The van der Waals surface area contributed by atoms with E-state index >= 15 is 0 Å². The molecule has 1 fully saturated rings. The van der Waals surface area contributed by atoms with Crippen molar-refractivity contribution in [2.75, 3.05) is 5.73 Å². The van der Waals surface area contributed by atoms with Crippen LogP contribution in [0.25, 0.3) is 0 Å². The predicted molar refractivity (Wildman–Crippen MR) is 67.8 cm³/mol. The monoisotopic (exact) mass is 254 g/mol. The van der Waals surface area contributed by atoms with Crippen molar-refractivity contribution in [3.63, 3.8) is 0 Å². The van der Waals surface area contributed by atoms with Crippen LogP contribution in [0.2, 0.25) is 0 Å². The zero-order valence-electron chi connectivity index (χ0n) is 10.2. The van der Waals surface area contributed by atoms with Crippen molar-refractivity contribution < 1.29 is 4.79 Å². The topological polar surface area (TPSA) is 80.9 Å². The lowest BCUT2D eigenvalue weighted by Gasteiger charge is -2.35. The Morgan fingerprint density at radius 3 is 2.88 bits per heavy atom. The first-order valence-electron chi connectivity index (χ1n) is 5.86. The average molecular weight is 254 g/mol. The summed E-state index contributed by atoms with van der Waals surface area (Å²) in [5.41, 5.74) is 5.77. The number of hydrogen-bond donors (Lipinski definition) is 2. The van der Waals surface area contributed by atoms with Gasteiger partial charge in [-0.3, -0.25) is 4.79 Å². The molecule has 1 saturated carbocycles. The van der Waals surface area contributed by atoms with Gasteiger partial charge in [0, 0.05) is 6.04 Å². The Bertz CT molecular complexity index is 415. The summed E-state index contributed by atoms with van der Waals surface area (Å²) in [6, 6.07) is 0.247. The molecule has 1 aromatic rings. The highest BCUT2D eigenvalue weighted by Crippen LogP contribution is 2.35. The third-order valence-electron chi connectivity index (χ3n) is 3.18. The van der Waals surface area contributed by atoms with E-state index in [0.29, 0.717) is 15.6 Å². The second-order valence-electron chi connectivity index (χ2n) is 5.38. The normalized spacial score (nSPS) is 23.3. The molecule has 1 aromatic heterocycles. The van der Waals surface area contributed by atoms with Gasteiger partial charge in [0.05, 0.1) is 0 Å². The van der Waals surface area contributed by atoms with E-state index in [4.69, 9.17) is 5.73 Å². The summed E-state index contributed by atoms with van der Waals surface area (Å²) in [5.74, 6) is -0.151. The fourth-order valence-electron chi connectivity index (χ4n) is 2.39. The number of rotatable bonds is 2. The number of hydrogen-bond acceptors (Lipinski definition) is 5. The number of amides is 1. The molecule has 1 heterocycles. The van der Waals surface area contributed by atoms with Crippen LogP contribution in [0.5, 0.6) is 0 Å². The first kappa shape index (κ1) is 12.3. The van der Waals surface area contributed by atoms with Crippen molar-refractivity contribution >= 4 is 22.4 Å². The standard InChI is InChI=1S/C11H18N4OS/c1-11(2)5-3-4-7(6-11)13-8(16)9-14-15-10(12)17-9/h7H,3-6H2,1-2H3,(H2,12,15)(H,13,16). The maximum Gasteiger partial charge on any atom is 0.282 e. The largest absolute Gasteiger partial charge is 0.374 e. The van der Waals surface area contributed by atoms with Crippen LogP contribution < -0.4 is 11.1 Å². The molecule has 5 nitrogen and oxygen atoms in total. The van der Waals surface area contributed by atoms with Crippen LogP contribution in [0.1, 0.15) is 49.3 Å². The van der Waals surface area contributed by atoms with E-state index in [1.165, 1.54) is 6.42 Å². The van der Waals surface area contributed by atoms with Gasteiger partial charge >= 0.3 is 0 Å². The van der Waals surface area contributed by atoms with Crippen LogP contribution in [0.3, 0.4) is 0 Å². The molecule has 0 aromatic carbocycles. The lowest BCUT2D eigenvalue weighted by Crippen LogP contribution is -2.40. The summed E-state index contributed by atoms with van der Waals surface area (Å²) < 4.78 is 0. The molecule has 3 N–H and O–H groups in total. The highest BCUT2D eigenvalue weighted by Gasteiger charge is 2.29. The Balaban J connectivity index is 1.95. The van der Waals surface area contributed by atoms with Gasteiger partial charge in [0.25, 0.3) is 5.91 Å². The predicted octanol–water partition coefficient (Wildman–Crippen LogP) is 1.82. The van der Waals surface area contributed by atoms with Crippen LogP contribution in [0.15, 0.2) is 0 Å². The maximum absolute atomic E-state index is 11.9. The summed E-state index contributed by atoms with van der Waals surface area (Å²) in [5, 5.41) is 11.1. The number of nitrogens with one attached hydrogen (secondary N) is 1. The van der Waals surface area contributed by atoms with E-state index in [9.17, 15) is 4.79 Å². The van der Waals surface area contributed by atoms with Crippen LogP contribution >= 0.6 is 11.3 Å². The van der Waals surface area contributed by atoms with Crippen molar-refractivity contribution in [3.8, 4) is 0 Å². The van der Waals surface area contributed by atoms with Gasteiger partial charge < -0.3 is 11.1 Å². The maximum atomic E-state index is 11.9. The third-order valence-corrected chi connectivity index (χ3v) is 3.93. The number of nitrogens with zero attached hydrogens (tertiary/aromatic N) is 2. The molecule has 0 saturated heterocycles. The van der Waals surface area contributed by atoms with E-state index in [1.807, 2.05) is 0 Å². The molecule has 17 heavy (non-hydrogen) atoms. The van der Waals surface area contributed by atoms with Crippen molar-refractivity contribution in [1.82, 2.24) is 15.5 Å². The second kappa shape index (κ2) is 4.60. The molecule has 6 heteroatoms. The molecule has 1 unspecified atom stereocenters. The minimum atomic E-state index is -0.151. The molecule has 1 atom stereocenters. The van der Waals surface area contributed by atoms with Gasteiger partial charge in [-0.15, -0.1) is 10.2 Å². The smallest absolute Gasteiger partial charge is 0.282 e. The molecule has 0 spiro atoms. The number of nitrogens with two attached hydrogens (primary N) is 1. The van der Waals surface area contributed by atoms with Crippen LogP contribution in [-0.4, -0.2) is 22.1 Å². The first-order chi connectivity index (χ1) is 7.96. The molecule has 94 valence electrons. The molecule has 1 amide bonds. The van der Waals surface area contributed by atoms with Gasteiger partial charge in [-0.25, -0.2) is 0 Å². The number of carbonyl (C=O) groups is 1. The van der Waals surface area contributed by atoms with Gasteiger partial charge in [0.2, 0.25) is 10.1 Å². The molecule has 0 aliphatic heterocycles. The van der Waals surface area contributed by atoms with Crippen LogP contribution in [0.4, 0.5) is 5.13 Å². The Hall–Kier alpha value is -1.17. The number of carbonyl (C=O) groups excluding carboxylic acids is 1. The van der Waals surface area contributed by atoms with Crippen molar-refractivity contribution in [2.24, 2.45) is 5.41 Å². The second-order valence-corrected chi connectivity index (χ2v) is 6.39. The molecule has 2 rings (SSSR count). The van der Waals surface area contributed by atoms with Gasteiger partial charge in [-0.1, -0.05) is 31.6 Å². The van der Waals surface area contributed by atoms with Gasteiger partial charge in [-0.2, -0.15) is 0 Å². The fourth-order valence-corrected chi connectivity index (χ4v) is 2.91. The molecule has 0 bridgehead atoms. The quantitative estimate of drug-likeness (QED) is 0.843. The van der Waals surface area contributed by atoms with Crippen LogP contribution in [-0.2, 0) is 0 Å². The molecular weight excluding hydrogens is 236 g/mol. The lowest BCUT2D eigenvalue weighted by molar-refractivity contribution is 0.0901. The van der Waals surface area contributed by atoms with Crippen molar-refractivity contribution in [3.05, 3.63) is 5.01 Å². The fraction of sp³-hybridized carbons (Fsp3) is 0.727. The number of anilines is 1. The molecule has 0 radical (unpaired) electrons. The summed E-state index contributed by atoms with van der Waals surface area (Å²) in [6.07, 6.45) is 4.46. The SMILES string of the molecule is CC1(C)CCCC(NC(=O)c2nnc(N)s2)C1. The Morgan fingerprint density at radius 2 is 2.29 bits per heavy atom. The summed E-state index contributed by atoms with van der Waals surface area (Å²) in [6.45, 7) is 4.49. The summed E-state index contributed by atoms with van der Waals surface area (Å²) in [4.78, 5) is 11.9. The van der Waals surface area contributed by atoms with Gasteiger partial charge in [-0.05, 0) is 24.7 Å². The lowest BCUT2D eigenvalue weighted by atomic mass is 9.75.